The average molecular weight is 297 g/mol. The third-order valence-electron chi connectivity index (χ3n) is 4.02. The topological polar surface area (TPSA) is 20.3 Å². The molecule has 3 heteroatoms. The SMILES string of the molecule is O=C(CCc1cccc(F)c1)N(Cc1ccccc1)C1CC1. The molecule has 1 aliphatic carbocycles. The molecule has 0 atom stereocenters. The summed E-state index contributed by atoms with van der Waals surface area (Å²) in [4.78, 5) is 14.5. The van der Waals surface area contributed by atoms with E-state index >= 15 is 0 Å². The van der Waals surface area contributed by atoms with E-state index in [4.69, 9.17) is 0 Å². The first-order chi connectivity index (χ1) is 10.7. The summed E-state index contributed by atoms with van der Waals surface area (Å²) in [6, 6.07) is 17.0. The summed E-state index contributed by atoms with van der Waals surface area (Å²) in [5.74, 6) is -0.0797. The molecular weight excluding hydrogens is 277 g/mol. The van der Waals surface area contributed by atoms with E-state index in [0.29, 0.717) is 25.4 Å². The maximum absolute atomic E-state index is 13.2. The standard InChI is InChI=1S/C19H20FNO/c20-17-8-4-7-15(13-17)9-12-19(22)21(18-10-11-18)14-16-5-2-1-3-6-16/h1-8,13,18H,9-12,14H2. The molecule has 0 heterocycles. The zero-order chi connectivity index (χ0) is 15.4. The lowest BCUT2D eigenvalue weighted by molar-refractivity contribution is -0.132. The van der Waals surface area contributed by atoms with Crippen LogP contribution in [0.5, 0.6) is 0 Å². The summed E-state index contributed by atoms with van der Waals surface area (Å²) in [5, 5.41) is 0. The third-order valence-corrected chi connectivity index (χ3v) is 4.02. The Balaban J connectivity index is 1.61. The number of carbonyl (C=O) groups excluding carboxylic acids is 1. The number of nitrogens with zero attached hydrogens (tertiary/aromatic N) is 1. The van der Waals surface area contributed by atoms with Gasteiger partial charge in [0.05, 0.1) is 0 Å². The molecule has 0 unspecified atom stereocenters. The highest BCUT2D eigenvalue weighted by atomic mass is 19.1. The van der Waals surface area contributed by atoms with E-state index < -0.39 is 0 Å². The molecule has 0 saturated heterocycles. The van der Waals surface area contributed by atoms with Crippen LogP contribution < -0.4 is 0 Å². The van der Waals surface area contributed by atoms with E-state index in [1.807, 2.05) is 29.2 Å². The molecule has 0 radical (unpaired) electrons. The summed E-state index contributed by atoms with van der Waals surface area (Å²) >= 11 is 0. The summed E-state index contributed by atoms with van der Waals surface area (Å²) in [6.07, 6.45) is 3.22. The van der Waals surface area contributed by atoms with Gasteiger partial charge >= 0.3 is 0 Å². The van der Waals surface area contributed by atoms with Gasteiger partial charge in [0.1, 0.15) is 5.82 Å². The maximum atomic E-state index is 13.2. The summed E-state index contributed by atoms with van der Waals surface area (Å²) < 4.78 is 13.2. The van der Waals surface area contributed by atoms with Crippen molar-refractivity contribution in [3.05, 3.63) is 71.5 Å². The van der Waals surface area contributed by atoms with Crippen molar-refractivity contribution in [2.75, 3.05) is 0 Å². The Kier molecular flexibility index (Phi) is 4.52. The normalized spacial score (nSPS) is 13.9. The van der Waals surface area contributed by atoms with Crippen LogP contribution in [0, 0.1) is 5.82 Å². The Hall–Kier alpha value is -2.16. The quantitative estimate of drug-likeness (QED) is 0.790. The predicted molar refractivity (Wildman–Crippen MR) is 84.7 cm³/mol. The van der Waals surface area contributed by atoms with Gasteiger partial charge in [0.25, 0.3) is 0 Å². The fraction of sp³-hybridized carbons (Fsp3) is 0.316. The minimum Gasteiger partial charge on any atom is -0.335 e. The second-order valence-corrected chi connectivity index (χ2v) is 5.87. The van der Waals surface area contributed by atoms with Crippen LogP contribution in [0.15, 0.2) is 54.6 Å². The van der Waals surface area contributed by atoms with Crippen molar-refractivity contribution < 1.29 is 9.18 Å². The fourth-order valence-corrected chi connectivity index (χ4v) is 2.67. The number of hydrogen-bond acceptors (Lipinski definition) is 1. The van der Waals surface area contributed by atoms with Crippen LogP contribution >= 0.6 is 0 Å². The molecule has 114 valence electrons. The summed E-state index contributed by atoms with van der Waals surface area (Å²) in [6.45, 7) is 0.674. The second-order valence-electron chi connectivity index (χ2n) is 5.87. The van der Waals surface area contributed by atoms with Crippen LogP contribution in [0.3, 0.4) is 0 Å². The number of aryl methyl sites for hydroxylation is 1. The van der Waals surface area contributed by atoms with Crippen molar-refractivity contribution in [1.29, 1.82) is 0 Å². The van der Waals surface area contributed by atoms with E-state index in [1.165, 1.54) is 12.1 Å². The molecule has 2 aromatic carbocycles. The number of carbonyl (C=O) groups is 1. The van der Waals surface area contributed by atoms with Gasteiger partial charge in [0.2, 0.25) is 5.91 Å². The number of rotatable bonds is 6. The maximum Gasteiger partial charge on any atom is 0.223 e. The van der Waals surface area contributed by atoms with Crippen molar-refractivity contribution >= 4 is 5.91 Å². The molecule has 22 heavy (non-hydrogen) atoms. The smallest absolute Gasteiger partial charge is 0.223 e. The van der Waals surface area contributed by atoms with Gasteiger partial charge in [-0.25, -0.2) is 4.39 Å². The molecule has 2 aromatic rings. The number of amides is 1. The first-order valence-corrected chi connectivity index (χ1v) is 7.80. The lowest BCUT2D eigenvalue weighted by Gasteiger charge is -2.22. The average Bonchev–Trinajstić information content (AvgIpc) is 3.36. The van der Waals surface area contributed by atoms with Gasteiger partial charge in [-0.3, -0.25) is 4.79 Å². The molecule has 1 amide bonds. The summed E-state index contributed by atoms with van der Waals surface area (Å²) in [5.41, 5.74) is 2.04. The molecule has 0 aromatic heterocycles. The van der Waals surface area contributed by atoms with Crippen LogP contribution in [-0.2, 0) is 17.8 Å². The van der Waals surface area contributed by atoms with Crippen LogP contribution in [0.25, 0.3) is 0 Å². The minimum absolute atomic E-state index is 0.163. The van der Waals surface area contributed by atoms with Gasteiger partial charge in [-0.2, -0.15) is 0 Å². The van der Waals surface area contributed by atoms with Gasteiger partial charge < -0.3 is 4.90 Å². The molecule has 0 bridgehead atoms. The van der Waals surface area contributed by atoms with E-state index in [-0.39, 0.29) is 11.7 Å². The van der Waals surface area contributed by atoms with Gasteiger partial charge in [-0.05, 0) is 42.5 Å². The van der Waals surface area contributed by atoms with Crippen LogP contribution in [-0.4, -0.2) is 16.8 Å². The second kappa shape index (κ2) is 6.73. The highest BCUT2D eigenvalue weighted by Gasteiger charge is 2.32. The Labute approximate surface area is 130 Å². The lowest BCUT2D eigenvalue weighted by Crippen LogP contribution is -2.32. The summed E-state index contributed by atoms with van der Waals surface area (Å²) in [7, 11) is 0. The van der Waals surface area contributed by atoms with E-state index in [1.54, 1.807) is 6.07 Å². The molecule has 0 aliphatic heterocycles. The third kappa shape index (κ3) is 3.94. The van der Waals surface area contributed by atoms with Crippen molar-refractivity contribution in [3.63, 3.8) is 0 Å². The monoisotopic (exact) mass is 297 g/mol. The number of halogens is 1. The van der Waals surface area contributed by atoms with Crippen LogP contribution in [0.1, 0.15) is 30.4 Å². The van der Waals surface area contributed by atoms with Gasteiger partial charge in [-0.1, -0.05) is 42.5 Å². The van der Waals surface area contributed by atoms with Gasteiger partial charge in [0.15, 0.2) is 0 Å². The Morgan fingerprint density at radius 2 is 1.77 bits per heavy atom. The highest BCUT2D eigenvalue weighted by molar-refractivity contribution is 5.77. The van der Waals surface area contributed by atoms with Crippen molar-refractivity contribution in [3.8, 4) is 0 Å². The zero-order valence-electron chi connectivity index (χ0n) is 12.5. The number of hydrogen-bond donors (Lipinski definition) is 0. The Bertz CT molecular complexity index is 637. The van der Waals surface area contributed by atoms with Crippen LogP contribution in [0.4, 0.5) is 4.39 Å². The van der Waals surface area contributed by atoms with Crippen LogP contribution in [0.2, 0.25) is 0 Å². The first kappa shape index (κ1) is 14.8. The van der Waals surface area contributed by atoms with Gasteiger partial charge in [-0.15, -0.1) is 0 Å². The van der Waals surface area contributed by atoms with Crippen molar-refractivity contribution in [2.45, 2.75) is 38.3 Å². The molecule has 1 aliphatic rings. The van der Waals surface area contributed by atoms with E-state index in [9.17, 15) is 9.18 Å². The Morgan fingerprint density at radius 1 is 1.05 bits per heavy atom. The molecular formula is C19H20FNO. The van der Waals surface area contributed by atoms with E-state index in [2.05, 4.69) is 12.1 Å². The highest BCUT2D eigenvalue weighted by Crippen LogP contribution is 2.29. The van der Waals surface area contributed by atoms with Crippen molar-refractivity contribution in [2.24, 2.45) is 0 Å². The van der Waals surface area contributed by atoms with Crippen molar-refractivity contribution in [1.82, 2.24) is 4.90 Å². The fourth-order valence-electron chi connectivity index (χ4n) is 2.67. The zero-order valence-corrected chi connectivity index (χ0v) is 12.5. The van der Waals surface area contributed by atoms with E-state index in [0.717, 1.165) is 24.0 Å². The molecule has 3 rings (SSSR count). The molecule has 1 saturated carbocycles. The predicted octanol–water partition coefficient (Wildman–Crippen LogP) is 3.95. The number of benzene rings is 2. The first-order valence-electron chi connectivity index (χ1n) is 7.80. The molecule has 2 nitrogen and oxygen atoms in total. The largest absolute Gasteiger partial charge is 0.335 e. The molecule has 0 spiro atoms. The minimum atomic E-state index is -0.242. The van der Waals surface area contributed by atoms with Gasteiger partial charge in [0, 0.05) is 19.0 Å². The Morgan fingerprint density at radius 3 is 2.45 bits per heavy atom. The molecule has 0 N–H and O–H groups in total. The lowest BCUT2D eigenvalue weighted by atomic mass is 10.1. The molecule has 1 fully saturated rings.